The zero-order valence-electron chi connectivity index (χ0n) is 19.8. The molecule has 4 nitrogen and oxygen atoms in total. The van der Waals surface area contributed by atoms with Gasteiger partial charge < -0.3 is 10.2 Å². The van der Waals surface area contributed by atoms with Gasteiger partial charge in [-0.15, -0.1) is 0 Å². The third kappa shape index (κ3) is 6.58. The monoisotopic (exact) mass is 500 g/mol. The van der Waals surface area contributed by atoms with E-state index < -0.39 is 0 Å². The average molecular weight is 501 g/mol. The van der Waals surface area contributed by atoms with Gasteiger partial charge in [-0.2, -0.15) is 0 Å². The summed E-state index contributed by atoms with van der Waals surface area (Å²) in [5, 5.41) is 3.55. The number of rotatable bonds is 8. The molecule has 4 aromatic rings. The van der Waals surface area contributed by atoms with Gasteiger partial charge in [-0.1, -0.05) is 66.2 Å². The molecule has 0 spiro atoms. The summed E-state index contributed by atoms with van der Waals surface area (Å²) in [7, 11) is 0. The third-order valence-corrected chi connectivity index (χ3v) is 6.11. The minimum Gasteiger partial charge on any atom is -0.349 e. The van der Waals surface area contributed by atoms with Crippen molar-refractivity contribution < 1.29 is 14.0 Å². The number of nitrogens with one attached hydrogen (secondary N) is 1. The van der Waals surface area contributed by atoms with Crippen molar-refractivity contribution >= 4 is 29.1 Å². The van der Waals surface area contributed by atoms with Gasteiger partial charge in [0.15, 0.2) is 0 Å². The Morgan fingerprint density at radius 3 is 2.22 bits per heavy atom. The molecule has 182 valence electrons. The van der Waals surface area contributed by atoms with Gasteiger partial charge in [-0.05, 0) is 72.1 Å². The molecule has 6 heteroatoms. The normalized spacial score (nSPS) is 11.5. The van der Waals surface area contributed by atoms with Crippen LogP contribution in [-0.2, 0) is 17.8 Å². The molecule has 0 heterocycles. The second-order valence-electron chi connectivity index (χ2n) is 8.57. The summed E-state index contributed by atoms with van der Waals surface area (Å²) in [6.07, 6.45) is 0.215. The van der Waals surface area contributed by atoms with Crippen molar-refractivity contribution in [1.82, 2.24) is 5.32 Å². The minimum atomic E-state index is -0.363. The summed E-state index contributed by atoms with van der Waals surface area (Å²) in [5.41, 5.74) is 3.63. The molecule has 0 radical (unpaired) electrons. The summed E-state index contributed by atoms with van der Waals surface area (Å²) in [5.74, 6) is -0.691. The van der Waals surface area contributed by atoms with E-state index in [9.17, 15) is 14.0 Å². The van der Waals surface area contributed by atoms with Gasteiger partial charge >= 0.3 is 0 Å². The molecule has 4 aromatic carbocycles. The Morgan fingerprint density at radius 1 is 0.861 bits per heavy atom. The van der Waals surface area contributed by atoms with E-state index in [4.69, 9.17) is 11.6 Å². The quantitative estimate of drug-likeness (QED) is 0.291. The van der Waals surface area contributed by atoms with Crippen LogP contribution in [-0.4, -0.2) is 11.8 Å². The Balaban J connectivity index is 1.51. The number of halogens is 2. The zero-order valence-corrected chi connectivity index (χ0v) is 20.6. The van der Waals surface area contributed by atoms with Gasteiger partial charge in [0.25, 0.3) is 5.91 Å². The highest BCUT2D eigenvalue weighted by atomic mass is 35.5. The van der Waals surface area contributed by atoms with Gasteiger partial charge in [0.05, 0.1) is 19.0 Å². The topological polar surface area (TPSA) is 49.4 Å². The molecular weight excluding hydrogens is 475 g/mol. The van der Waals surface area contributed by atoms with E-state index >= 15 is 0 Å². The molecule has 0 unspecified atom stereocenters. The van der Waals surface area contributed by atoms with Crippen LogP contribution in [0.1, 0.15) is 40.0 Å². The maximum absolute atomic E-state index is 13.8. The van der Waals surface area contributed by atoms with E-state index in [0.717, 1.165) is 11.1 Å². The van der Waals surface area contributed by atoms with Crippen molar-refractivity contribution in [2.45, 2.75) is 25.9 Å². The number of hydrogen-bond acceptors (Lipinski definition) is 2. The molecule has 36 heavy (non-hydrogen) atoms. The SMILES string of the molecule is C[C@@H](NC(=O)Cc1ccc(N(Cc2cccc(F)c2)C(=O)c2ccc(Cl)cc2)cc1)c1ccccc1. The van der Waals surface area contributed by atoms with Crippen molar-refractivity contribution in [3.8, 4) is 0 Å². The minimum absolute atomic E-state index is 0.0899. The maximum atomic E-state index is 13.8. The highest BCUT2D eigenvalue weighted by Gasteiger charge is 2.19. The van der Waals surface area contributed by atoms with Crippen molar-refractivity contribution in [1.29, 1.82) is 0 Å². The summed E-state index contributed by atoms with van der Waals surface area (Å²) < 4.78 is 13.8. The van der Waals surface area contributed by atoms with Crippen LogP contribution >= 0.6 is 11.6 Å². The highest BCUT2D eigenvalue weighted by molar-refractivity contribution is 6.30. The van der Waals surface area contributed by atoms with Crippen LogP contribution in [0.25, 0.3) is 0 Å². The van der Waals surface area contributed by atoms with Crippen LogP contribution in [0.5, 0.6) is 0 Å². The third-order valence-electron chi connectivity index (χ3n) is 5.86. The van der Waals surface area contributed by atoms with Crippen LogP contribution < -0.4 is 10.2 Å². The summed E-state index contributed by atoms with van der Waals surface area (Å²) in [6, 6.07) is 29.8. The Hall–Kier alpha value is -3.96. The van der Waals surface area contributed by atoms with Crippen LogP contribution in [0.4, 0.5) is 10.1 Å². The number of carbonyl (C=O) groups excluding carboxylic acids is 2. The largest absolute Gasteiger partial charge is 0.349 e. The first kappa shape index (κ1) is 25.1. The summed E-state index contributed by atoms with van der Waals surface area (Å²) >= 11 is 5.99. The molecule has 0 aliphatic heterocycles. The lowest BCUT2D eigenvalue weighted by molar-refractivity contribution is -0.121. The van der Waals surface area contributed by atoms with E-state index in [1.54, 1.807) is 53.4 Å². The molecule has 0 aliphatic rings. The summed E-state index contributed by atoms with van der Waals surface area (Å²) in [6.45, 7) is 2.14. The van der Waals surface area contributed by atoms with E-state index in [1.165, 1.54) is 12.1 Å². The second kappa shape index (κ2) is 11.6. The lowest BCUT2D eigenvalue weighted by Crippen LogP contribution is -2.30. The lowest BCUT2D eigenvalue weighted by Gasteiger charge is -2.24. The Labute approximate surface area is 215 Å². The van der Waals surface area contributed by atoms with Crippen molar-refractivity contribution in [2.24, 2.45) is 0 Å². The van der Waals surface area contributed by atoms with Crippen LogP contribution in [0, 0.1) is 5.82 Å². The Morgan fingerprint density at radius 2 is 1.56 bits per heavy atom. The Kier molecular flexibility index (Phi) is 8.13. The lowest BCUT2D eigenvalue weighted by atomic mass is 10.1. The second-order valence-corrected chi connectivity index (χ2v) is 9.01. The fourth-order valence-electron chi connectivity index (χ4n) is 3.94. The molecule has 1 N–H and O–H groups in total. The van der Waals surface area contributed by atoms with Gasteiger partial charge in [0.2, 0.25) is 5.91 Å². The number of carbonyl (C=O) groups is 2. The average Bonchev–Trinajstić information content (AvgIpc) is 2.88. The highest BCUT2D eigenvalue weighted by Crippen LogP contribution is 2.23. The first-order valence-corrected chi connectivity index (χ1v) is 12.0. The molecule has 0 saturated carbocycles. The zero-order chi connectivity index (χ0) is 25.5. The summed E-state index contributed by atoms with van der Waals surface area (Å²) in [4.78, 5) is 27.6. The molecule has 0 bridgehead atoms. The molecular formula is C30H26ClFN2O2. The fraction of sp³-hybridized carbons (Fsp3) is 0.133. The van der Waals surface area contributed by atoms with E-state index in [1.807, 2.05) is 49.4 Å². The van der Waals surface area contributed by atoms with Gasteiger partial charge in [0.1, 0.15) is 5.82 Å². The molecule has 1 atom stereocenters. The standard InChI is InChI=1S/C30H26ClFN2O2/c1-21(24-7-3-2-4-8-24)33-29(35)19-22-10-16-28(17-11-22)34(20-23-6-5-9-27(32)18-23)30(36)25-12-14-26(31)15-13-25/h2-18,21H,19-20H2,1H3,(H,33,35)/t21-/m1/s1. The molecule has 2 amide bonds. The smallest absolute Gasteiger partial charge is 0.258 e. The predicted molar refractivity (Wildman–Crippen MR) is 142 cm³/mol. The van der Waals surface area contributed by atoms with Crippen LogP contribution in [0.2, 0.25) is 5.02 Å². The number of nitrogens with zero attached hydrogens (tertiary/aromatic N) is 1. The van der Waals surface area contributed by atoms with Gasteiger partial charge in [-0.25, -0.2) is 4.39 Å². The maximum Gasteiger partial charge on any atom is 0.258 e. The van der Waals surface area contributed by atoms with E-state index in [2.05, 4.69) is 5.32 Å². The number of benzene rings is 4. The van der Waals surface area contributed by atoms with Gasteiger partial charge in [0, 0.05) is 16.3 Å². The van der Waals surface area contributed by atoms with E-state index in [-0.39, 0.29) is 36.6 Å². The molecule has 4 rings (SSSR count). The molecule has 0 aliphatic carbocycles. The molecule has 0 saturated heterocycles. The molecule has 0 aromatic heterocycles. The first-order valence-electron chi connectivity index (χ1n) is 11.6. The Bertz CT molecular complexity index is 1330. The van der Waals surface area contributed by atoms with Crippen molar-refractivity contribution in [3.05, 3.63) is 136 Å². The van der Waals surface area contributed by atoms with Crippen molar-refractivity contribution in [2.75, 3.05) is 4.90 Å². The van der Waals surface area contributed by atoms with E-state index in [0.29, 0.717) is 21.8 Å². The van der Waals surface area contributed by atoms with Crippen molar-refractivity contribution in [3.63, 3.8) is 0 Å². The number of anilines is 1. The number of hydrogen-bond donors (Lipinski definition) is 1. The van der Waals surface area contributed by atoms with Crippen LogP contribution in [0.3, 0.4) is 0 Å². The number of amides is 2. The van der Waals surface area contributed by atoms with Crippen LogP contribution in [0.15, 0.2) is 103 Å². The predicted octanol–water partition coefficient (Wildman–Crippen LogP) is 6.75. The first-order chi connectivity index (χ1) is 17.4. The molecule has 0 fully saturated rings. The van der Waals surface area contributed by atoms with Gasteiger partial charge in [-0.3, -0.25) is 9.59 Å². The fourth-order valence-corrected chi connectivity index (χ4v) is 4.07.